The van der Waals surface area contributed by atoms with Crippen molar-refractivity contribution in [3.05, 3.63) is 94.2 Å². The summed E-state index contributed by atoms with van der Waals surface area (Å²) in [6, 6.07) is 25.4. The second kappa shape index (κ2) is 5.15. The topological polar surface area (TPSA) is 0 Å². The van der Waals surface area contributed by atoms with Crippen LogP contribution >= 0.6 is 11.3 Å². The fourth-order valence-electron chi connectivity index (χ4n) is 2.32. The molecule has 0 N–H and O–H groups in total. The fourth-order valence-corrected chi connectivity index (χ4v) is 3.79. The molecule has 0 saturated heterocycles. The number of rotatable bonds is 3. The number of hydrogen-bond donors (Lipinski definition) is 0. The molecule has 0 amide bonds. The van der Waals surface area contributed by atoms with E-state index in [9.17, 15) is 0 Å². The molecule has 3 aromatic rings. The third-order valence-electron chi connectivity index (χ3n) is 3.30. The van der Waals surface area contributed by atoms with Crippen LogP contribution in [0.2, 0.25) is 0 Å². The van der Waals surface area contributed by atoms with E-state index in [1.165, 1.54) is 16.0 Å². The second-order valence-electron chi connectivity index (χ2n) is 4.46. The quantitative estimate of drug-likeness (QED) is 0.629. The Balaban J connectivity index is 2.23. The van der Waals surface area contributed by atoms with Crippen molar-refractivity contribution in [2.24, 2.45) is 0 Å². The van der Waals surface area contributed by atoms with Crippen molar-refractivity contribution in [1.82, 2.24) is 0 Å². The van der Waals surface area contributed by atoms with Gasteiger partial charge in [0.25, 0.3) is 0 Å². The van der Waals surface area contributed by atoms with Crippen LogP contribution in [0.3, 0.4) is 0 Å². The monoisotopic (exact) mass is 277 g/mol. The maximum atomic E-state index is 4.06. The number of hydrogen-bond acceptors (Lipinski definition) is 1. The van der Waals surface area contributed by atoms with Gasteiger partial charge >= 0.3 is 0 Å². The highest BCUT2D eigenvalue weighted by atomic mass is 32.1. The van der Waals surface area contributed by atoms with Gasteiger partial charge in [0.2, 0.25) is 0 Å². The molecule has 0 nitrogen and oxygen atoms in total. The van der Waals surface area contributed by atoms with Gasteiger partial charge in [0.15, 0.2) is 0 Å². The lowest BCUT2D eigenvalue weighted by Gasteiger charge is -2.30. The minimum Gasteiger partial charge on any atom is -0.148 e. The van der Waals surface area contributed by atoms with Gasteiger partial charge in [-0.1, -0.05) is 66.7 Å². The first-order valence-corrected chi connectivity index (χ1v) is 7.60. The van der Waals surface area contributed by atoms with E-state index in [1.54, 1.807) is 11.3 Å². The highest BCUT2D eigenvalue weighted by Crippen LogP contribution is 2.38. The Morgan fingerprint density at radius 2 is 1.21 bits per heavy atom. The third-order valence-corrected chi connectivity index (χ3v) is 5.32. The number of thiophene rings is 1. The average molecular weight is 277 g/mol. The van der Waals surface area contributed by atoms with Crippen molar-refractivity contribution >= 4 is 21.6 Å². The maximum Gasteiger partial charge on any atom is 0.0521 e. The SMILES string of the molecule is [Si]C(c1ccccc1)(c1ccccc1)c1cccs1. The lowest BCUT2D eigenvalue weighted by Crippen LogP contribution is -2.28. The molecule has 1 aromatic heterocycles. The van der Waals surface area contributed by atoms with Gasteiger partial charge < -0.3 is 0 Å². The summed E-state index contributed by atoms with van der Waals surface area (Å²) >= 11 is 1.77. The molecular formula is C17H13SSi. The van der Waals surface area contributed by atoms with E-state index in [0.29, 0.717) is 0 Å². The molecule has 0 bridgehead atoms. The van der Waals surface area contributed by atoms with Gasteiger partial charge in [0.05, 0.1) is 10.2 Å². The molecule has 2 heteroatoms. The van der Waals surface area contributed by atoms with Crippen LogP contribution in [0.15, 0.2) is 78.2 Å². The molecule has 1 heterocycles. The number of benzene rings is 2. The zero-order chi connectivity index (χ0) is 13.1. The maximum absolute atomic E-state index is 4.06. The molecule has 0 unspecified atom stereocenters. The van der Waals surface area contributed by atoms with Crippen molar-refractivity contribution in [2.75, 3.05) is 0 Å². The predicted octanol–water partition coefficient (Wildman–Crippen LogP) is 4.21. The molecule has 2 aromatic carbocycles. The molecule has 0 spiro atoms. The Kier molecular flexibility index (Phi) is 3.36. The highest BCUT2D eigenvalue weighted by molar-refractivity contribution is 7.10. The molecule has 3 radical (unpaired) electrons. The zero-order valence-corrected chi connectivity index (χ0v) is 12.2. The van der Waals surface area contributed by atoms with Gasteiger partial charge in [-0.05, 0) is 22.6 Å². The summed E-state index contributed by atoms with van der Waals surface area (Å²) in [7, 11) is 4.06. The second-order valence-corrected chi connectivity index (χ2v) is 6.16. The predicted molar refractivity (Wildman–Crippen MR) is 82.8 cm³/mol. The Morgan fingerprint density at radius 3 is 1.63 bits per heavy atom. The van der Waals surface area contributed by atoms with Crippen LogP contribution in [0.25, 0.3) is 0 Å². The van der Waals surface area contributed by atoms with Gasteiger partial charge in [-0.3, -0.25) is 0 Å². The first-order chi connectivity index (χ1) is 9.32. The van der Waals surface area contributed by atoms with Crippen LogP contribution in [0.1, 0.15) is 16.0 Å². The normalized spacial score (nSPS) is 11.4. The van der Waals surface area contributed by atoms with Crippen LogP contribution in [0.4, 0.5) is 0 Å². The Labute approximate surface area is 121 Å². The summed E-state index contributed by atoms with van der Waals surface area (Å²) in [6.45, 7) is 0. The Bertz CT molecular complexity index is 590. The molecule has 0 saturated carbocycles. The van der Waals surface area contributed by atoms with Gasteiger partial charge in [0, 0.05) is 9.92 Å². The first-order valence-electron chi connectivity index (χ1n) is 6.22. The zero-order valence-electron chi connectivity index (χ0n) is 10.4. The van der Waals surface area contributed by atoms with E-state index >= 15 is 0 Å². The van der Waals surface area contributed by atoms with E-state index < -0.39 is 0 Å². The van der Waals surface area contributed by atoms with Gasteiger partial charge in [-0.2, -0.15) is 0 Å². The molecule has 0 aliphatic rings. The summed E-state index contributed by atoms with van der Waals surface area (Å²) < 4.78 is 0. The molecule has 3 rings (SSSR count). The van der Waals surface area contributed by atoms with Gasteiger partial charge in [-0.25, -0.2) is 0 Å². The van der Waals surface area contributed by atoms with Crippen LogP contribution in [0, 0.1) is 0 Å². The average Bonchev–Trinajstić information content (AvgIpc) is 3.03. The molecule has 0 aliphatic carbocycles. The van der Waals surface area contributed by atoms with Crippen LogP contribution in [0.5, 0.6) is 0 Å². The van der Waals surface area contributed by atoms with Crippen LogP contribution < -0.4 is 0 Å². The smallest absolute Gasteiger partial charge is 0.0521 e. The van der Waals surface area contributed by atoms with Crippen LogP contribution in [-0.4, -0.2) is 10.2 Å². The van der Waals surface area contributed by atoms with Gasteiger partial charge in [0.1, 0.15) is 0 Å². The van der Waals surface area contributed by atoms with E-state index in [1.807, 2.05) is 0 Å². The minimum atomic E-state index is -0.267. The van der Waals surface area contributed by atoms with E-state index in [-0.39, 0.29) is 5.04 Å². The lowest BCUT2D eigenvalue weighted by atomic mass is 9.88. The molecule has 0 aliphatic heterocycles. The molecule has 19 heavy (non-hydrogen) atoms. The fraction of sp³-hybridized carbons (Fsp3) is 0.0588. The third kappa shape index (κ3) is 2.18. The van der Waals surface area contributed by atoms with E-state index in [2.05, 4.69) is 88.4 Å². The Hall–Kier alpha value is -1.64. The largest absolute Gasteiger partial charge is 0.148 e. The first kappa shape index (κ1) is 12.4. The van der Waals surface area contributed by atoms with Crippen molar-refractivity contribution in [2.45, 2.75) is 5.04 Å². The van der Waals surface area contributed by atoms with E-state index in [4.69, 9.17) is 0 Å². The summed E-state index contributed by atoms with van der Waals surface area (Å²) in [4.78, 5) is 1.29. The molecule has 0 atom stereocenters. The summed E-state index contributed by atoms with van der Waals surface area (Å²) in [5.41, 5.74) is 2.50. The standard InChI is InChI=1S/C17H13SSi/c19-17(16-12-7-13-18-16,14-8-3-1-4-9-14)15-10-5-2-6-11-15/h1-13H. The van der Waals surface area contributed by atoms with E-state index in [0.717, 1.165) is 0 Å². The lowest BCUT2D eigenvalue weighted by molar-refractivity contribution is 0.901. The van der Waals surface area contributed by atoms with Crippen molar-refractivity contribution in [1.29, 1.82) is 0 Å². The molecular weight excluding hydrogens is 264 g/mol. The summed E-state index contributed by atoms with van der Waals surface area (Å²) in [5.74, 6) is 0. The van der Waals surface area contributed by atoms with Crippen molar-refractivity contribution in [3.63, 3.8) is 0 Å². The highest BCUT2D eigenvalue weighted by Gasteiger charge is 2.31. The minimum absolute atomic E-state index is 0.267. The molecule has 91 valence electrons. The van der Waals surface area contributed by atoms with Gasteiger partial charge in [-0.15, -0.1) is 11.3 Å². The molecule has 0 fully saturated rings. The summed E-state index contributed by atoms with van der Waals surface area (Å²) in [5, 5.41) is 1.85. The Morgan fingerprint density at radius 1 is 0.684 bits per heavy atom. The summed E-state index contributed by atoms with van der Waals surface area (Å²) in [6.07, 6.45) is 0. The van der Waals surface area contributed by atoms with Crippen molar-refractivity contribution in [3.8, 4) is 0 Å². The van der Waals surface area contributed by atoms with Crippen molar-refractivity contribution < 1.29 is 0 Å². The van der Waals surface area contributed by atoms with Crippen LogP contribution in [-0.2, 0) is 5.04 Å².